The Labute approximate surface area is 160 Å². The first kappa shape index (κ1) is 17.8. The molecule has 1 saturated heterocycles. The van der Waals surface area contributed by atoms with Crippen LogP contribution in [0, 0.1) is 12.8 Å². The number of β-lactam (4-membered cyclic amide) rings is 1. The van der Waals surface area contributed by atoms with Crippen molar-refractivity contribution in [3.8, 4) is 0 Å². The number of rotatable bonds is 5. The van der Waals surface area contributed by atoms with Crippen LogP contribution in [0.1, 0.15) is 48.4 Å². The standard InChI is InChI=1S/C23H26N2O2/c1-16-11-13-18(14-12-16)21(22(26)24-15-17-7-3-2-4-8-17)25-20-10-6-5-9-19(20)23(25)27/h2-4,7-8,11-14,19-21H,5-6,9-10,15H2,1H3,(H,24,26)/t19-,20+,21?/m1/s1. The average molecular weight is 362 g/mol. The Balaban J connectivity index is 1.57. The highest BCUT2D eigenvalue weighted by Crippen LogP contribution is 2.43. The van der Waals surface area contributed by atoms with E-state index in [4.69, 9.17) is 0 Å². The molecule has 1 aliphatic carbocycles. The third-order valence-corrected chi connectivity index (χ3v) is 5.89. The minimum atomic E-state index is -0.541. The fourth-order valence-corrected chi connectivity index (χ4v) is 4.39. The Morgan fingerprint density at radius 3 is 2.52 bits per heavy atom. The molecule has 1 saturated carbocycles. The van der Waals surface area contributed by atoms with E-state index in [0.29, 0.717) is 6.54 Å². The molecular formula is C23H26N2O2. The Morgan fingerprint density at radius 2 is 1.78 bits per heavy atom. The molecule has 0 spiro atoms. The summed E-state index contributed by atoms with van der Waals surface area (Å²) >= 11 is 0. The number of aryl methyl sites for hydroxylation is 1. The molecular weight excluding hydrogens is 336 g/mol. The van der Waals surface area contributed by atoms with E-state index in [0.717, 1.165) is 42.4 Å². The molecule has 2 aromatic rings. The predicted molar refractivity (Wildman–Crippen MR) is 105 cm³/mol. The van der Waals surface area contributed by atoms with E-state index >= 15 is 0 Å². The van der Waals surface area contributed by atoms with Crippen LogP contribution in [0.5, 0.6) is 0 Å². The number of benzene rings is 2. The minimum Gasteiger partial charge on any atom is -0.350 e. The smallest absolute Gasteiger partial charge is 0.247 e. The van der Waals surface area contributed by atoms with Gasteiger partial charge in [-0.1, -0.05) is 73.0 Å². The van der Waals surface area contributed by atoms with Gasteiger partial charge in [-0.05, 0) is 30.9 Å². The van der Waals surface area contributed by atoms with Crippen LogP contribution < -0.4 is 5.32 Å². The minimum absolute atomic E-state index is 0.0971. The lowest BCUT2D eigenvalue weighted by Crippen LogP contribution is -2.64. The number of hydrogen-bond acceptors (Lipinski definition) is 2. The molecule has 4 nitrogen and oxygen atoms in total. The predicted octanol–water partition coefficient (Wildman–Crippen LogP) is 3.75. The van der Waals surface area contributed by atoms with E-state index in [9.17, 15) is 9.59 Å². The Kier molecular flexibility index (Phi) is 4.97. The van der Waals surface area contributed by atoms with E-state index in [1.807, 2.05) is 66.4 Å². The summed E-state index contributed by atoms with van der Waals surface area (Å²) in [6, 6.07) is 17.5. The first-order chi connectivity index (χ1) is 13.1. The SMILES string of the molecule is Cc1ccc(C(C(=O)NCc2ccccc2)N2C(=O)[C@@H]3CCCC[C@@H]32)cc1. The topological polar surface area (TPSA) is 49.4 Å². The van der Waals surface area contributed by atoms with Crippen LogP contribution in [-0.2, 0) is 16.1 Å². The normalized spacial score (nSPS) is 22.6. The maximum Gasteiger partial charge on any atom is 0.247 e. The maximum atomic E-state index is 13.2. The molecule has 2 amide bonds. The van der Waals surface area contributed by atoms with Gasteiger partial charge in [0.15, 0.2) is 0 Å². The van der Waals surface area contributed by atoms with Crippen molar-refractivity contribution in [1.82, 2.24) is 10.2 Å². The van der Waals surface area contributed by atoms with E-state index in [1.54, 1.807) is 0 Å². The van der Waals surface area contributed by atoms with Crippen molar-refractivity contribution in [2.24, 2.45) is 5.92 Å². The summed E-state index contributed by atoms with van der Waals surface area (Å²) in [6.07, 6.45) is 4.23. The molecule has 2 aliphatic rings. The first-order valence-corrected chi connectivity index (χ1v) is 9.85. The lowest BCUT2D eigenvalue weighted by atomic mass is 9.74. The van der Waals surface area contributed by atoms with Gasteiger partial charge in [0.05, 0.1) is 5.92 Å². The van der Waals surface area contributed by atoms with Gasteiger partial charge in [0.25, 0.3) is 0 Å². The number of nitrogens with one attached hydrogen (secondary N) is 1. The molecule has 1 unspecified atom stereocenters. The van der Waals surface area contributed by atoms with Gasteiger partial charge in [-0.25, -0.2) is 0 Å². The summed E-state index contributed by atoms with van der Waals surface area (Å²) in [5, 5.41) is 3.04. The van der Waals surface area contributed by atoms with Crippen molar-refractivity contribution in [1.29, 1.82) is 0 Å². The first-order valence-electron chi connectivity index (χ1n) is 9.85. The zero-order chi connectivity index (χ0) is 18.8. The molecule has 4 rings (SSSR count). The summed E-state index contributed by atoms with van der Waals surface area (Å²) in [7, 11) is 0. The molecule has 0 radical (unpaired) electrons. The van der Waals surface area contributed by atoms with Crippen molar-refractivity contribution < 1.29 is 9.59 Å². The zero-order valence-electron chi connectivity index (χ0n) is 15.7. The molecule has 4 heteroatoms. The fourth-order valence-electron chi connectivity index (χ4n) is 4.39. The molecule has 27 heavy (non-hydrogen) atoms. The van der Waals surface area contributed by atoms with Gasteiger partial charge in [0, 0.05) is 12.6 Å². The quantitative estimate of drug-likeness (QED) is 0.824. The molecule has 0 aromatic heterocycles. The number of fused-ring (bicyclic) bond motifs is 1. The van der Waals surface area contributed by atoms with Crippen LogP contribution in [0.2, 0.25) is 0 Å². The maximum absolute atomic E-state index is 13.2. The van der Waals surface area contributed by atoms with E-state index in [-0.39, 0.29) is 23.8 Å². The van der Waals surface area contributed by atoms with Crippen LogP contribution in [-0.4, -0.2) is 22.8 Å². The highest BCUT2D eigenvalue weighted by atomic mass is 16.2. The summed E-state index contributed by atoms with van der Waals surface area (Å²) in [5.74, 6) is 0.161. The number of carbonyl (C=O) groups excluding carboxylic acids is 2. The monoisotopic (exact) mass is 362 g/mol. The van der Waals surface area contributed by atoms with Crippen molar-refractivity contribution >= 4 is 11.8 Å². The van der Waals surface area contributed by atoms with Crippen LogP contribution >= 0.6 is 0 Å². The van der Waals surface area contributed by atoms with Gasteiger partial charge < -0.3 is 10.2 Å². The molecule has 140 valence electrons. The Bertz CT molecular complexity index is 816. The zero-order valence-corrected chi connectivity index (χ0v) is 15.7. The fraction of sp³-hybridized carbons (Fsp3) is 0.391. The van der Waals surface area contributed by atoms with Gasteiger partial charge in [-0.3, -0.25) is 9.59 Å². The second-order valence-corrected chi connectivity index (χ2v) is 7.72. The van der Waals surface area contributed by atoms with Crippen LogP contribution in [0.25, 0.3) is 0 Å². The Morgan fingerprint density at radius 1 is 1.07 bits per heavy atom. The molecule has 3 atom stereocenters. The van der Waals surface area contributed by atoms with Gasteiger partial charge in [-0.2, -0.15) is 0 Å². The number of amides is 2. The van der Waals surface area contributed by atoms with Gasteiger partial charge in [-0.15, -0.1) is 0 Å². The third kappa shape index (κ3) is 3.48. The lowest BCUT2D eigenvalue weighted by Gasteiger charge is -2.52. The molecule has 1 N–H and O–H groups in total. The number of hydrogen-bond donors (Lipinski definition) is 1. The van der Waals surface area contributed by atoms with Crippen molar-refractivity contribution in [3.05, 3.63) is 71.3 Å². The highest BCUT2D eigenvalue weighted by Gasteiger charge is 2.52. The Hall–Kier alpha value is -2.62. The van der Waals surface area contributed by atoms with Crippen molar-refractivity contribution in [3.63, 3.8) is 0 Å². The lowest BCUT2D eigenvalue weighted by molar-refractivity contribution is -0.168. The van der Waals surface area contributed by atoms with Crippen molar-refractivity contribution in [2.75, 3.05) is 0 Å². The molecule has 2 fully saturated rings. The van der Waals surface area contributed by atoms with Crippen LogP contribution in [0.15, 0.2) is 54.6 Å². The highest BCUT2D eigenvalue weighted by molar-refractivity contribution is 5.93. The van der Waals surface area contributed by atoms with Gasteiger partial charge >= 0.3 is 0 Å². The summed E-state index contributed by atoms with van der Waals surface area (Å²) in [4.78, 5) is 27.8. The van der Waals surface area contributed by atoms with Crippen molar-refractivity contribution in [2.45, 2.75) is 51.2 Å². The third-order valence-electron chi connectivity index (χ3n) is 5.89. The summed E-state index contributed by atoms with van der Waals surface area (Å²) in [5.41, 5.74) is 3.09. The van der Waals surface area contributed by atoms with Crippen LogP contribution in [0.3, 0.4) is 0 Å². The van der Waals surface area contributed by atoms with E-state index in [2.05, 4.69) is 5.32 Å². The van der Waals surface area contributed by atoms with Crippen LogP contribution in [0.4, 0.5) is 0 Å². The number of likely N-dealkylation sites (tertiary alicyclic amines) is 1. The van der Waals surface area contributed by atoms with E-state index < -0.39 is 6.04 Å². The number of carbonyl (C=O) groups is 2. The van der Waals surface area contributed by atoms with Gasteiger partial charge in [0.1, 0.15) is 6.04 Å². The van der Waals surface area contributed by atoms with E-state index in [1.165, 1.54) is 0 Å². The molecule has 1 aliphatic heterocycles. The largest absolute Gasteiger partial charge is 0.350 e. The summed E-state index contributed by atoms with van der Waals surface area (Å²) in [6.45, 7) is 2.50. The second kappa shape index (κ2) is 7.55. The van der Waals surface area contributed by atoms with Gasteiger partial charge in [0.2, 0.25) is 11.8 Å². The summed E-state index contributed by atoms with van der Waals surface area (Å²) < 4.78 is 0. The molecule has 1 heterocycles. The molecule has 0 bridgehead atoms. The second-order valence-electron chi connectivity index (χ2n) is 7.72. The average Bonchev–Trinajstić information content (AvgIpc) is 2.71. The molecule has 2 aromatic carbocycles. The number of nitrogens with zero attached hydrogens (tertiary/aromatic N) is 1.